The Kier molecular flexibility index (Phi) is 3.30. The van der Waals surface area contributed by atoms with Crippen molar-refractivity contribution >= 4 is 9.84 Å². The molecule has 0 saturated carbocycles. The Balaban J connectivity index is 1.94. The maximum atomic E-state index is 11.3. The largest absolute Gasteiger partial charge is 0.449 e. The van der Waals surface area contributed by atoms with Crippen LogP contribution in [0.15, 0.2) is 10.7 Å². The molecule has 1 saturated heterocycles. The van der Waals surface area contributed by atoms with Crippen LogP contribution in [-0.4, -0.2) is 31.5 Å². The summed E-state index contributed by atoms with van der Waals surface area (Å²) in [7, 11) is -2.81. The SMILES string of the molecule is NCCc1coc(CC2CCS(=O)(=O)C2)n1. The van der Waals surface area contributed by atoms with Crippen molar-refractivity contribution in [3.8, 4) is 0 Å². The first-order chi connectivity index (χ1) is 7.59. The Morgan fingerprint density at radius 3 is 3.00 bits per heavy atom. The zero-order chi connectivity index (χ0) is 11.6. The van der Waals surface area contributed by atoms with Gasteiger partial charge in [-0.3, -0.25) is 0 Å². The van der Waals surface area contributed by atoms with E-state index >= 15 is 0 Å². The highest BCUT2D eigenvalue weighted by Crippen LogP contribution is 2.22. The van der Waals surface area contributed by atoms with Gasteiger partial charge in [0.25, 0.3) is 0 Å². The van der Waals surface area contributed by atoms with Crippen LogP contribution in [0, 0.1) is 5.92 Å². The Bertz CT molecular complexity index is 452. The fourth-order valence-electron chi connectivity index (χ4n) is 1.99. The molecular weight excluding hydrogens is 228 g/mol. The van der Waals surface area contributed by atoms with E-state index in [0.717, 1.165) is 12.1 Å². The molecule has 0 bridgehead atoms. The van der Waals surface area contributed by atoms with Crippen molar-refractivity contribution in [2.24, 2.45) is 11.7 Å². The molecule has 2 heterocycles. The molecule has 0 aromatic carbocycles. The zero-order valence-corrected chi connectivity index (χ0v) is 9.87. The molecular formula is C10H16N2O3S. The van der Waals surface area contributed by atoms with Crippen LogP contribution in [0.2, 0.25) is 0 Å². The molecule has 0 spiro atoms. The molecule has 2 rings (SSSR count). The molecule has 16 heavy (non-hydrogen) atoms. The fourth-order valence-corrected chi connectivity index (χ4v) is 3.85. The highest BCUT2D eigenvalue weighted by atomic mass is 32.2. The molecule has 6 heteroatoms. The Morgan fingerprint density at radius 2 is 2.38 bits per heavy atom. The molecule has 1 aliphatic heterocycles. The van der Waals surface area contributed by atoms with Gasteiger partial charge in [-0.1, -0.05) is 0 Å². The second kappa shape index (κ2) is 4.55. The number of nitrogens with zero attached hydrogens (tertiary/aromatic N) is 1. The summed E-state index contributed by atoms with van der Waals surface area (Å²) in [5.74, 6) is 1.36. The molecule has 1 aromatic heterocycles. The lowest BCUT2D eigenvalue weighted by Crippen LogP contribution is -2.08. The van der Waals surface area contributed by atoms with E-state index in [4.69, 9.17) is 10.2 Å². The lowest BCUT2D eigenvalue weighted by molar-refractivity contribution is 0.446. The highest BCUT2D eigenvalue weighted by molar-refractivity contribution is 7.91. The molecule has 5 nitrogen and oxygen atoms in total. The third-order valence-electron chi connectivity index (χ3n) is 2.79. The lowest BCUT2D eigenvalue weighted by atomic mass is 10.1. The summed E-state index contributed by atoms with van der Waals surface area (Å²) in [6, 6.07) is 0. The second-order valence-corrected chi connectivity index (χ2v) is 6.47. The van der Waals surface area contributed by atoms with Crippen molar-refractivity contribution in [3.63, 3.8) is 0 Å². The second-order valence-electron chi connectivity index (χ2n) is 4.24. The van der Waals surface area contributed by atoms with E-state index < -0.39 is 9.84 Å². The minimum Gasteiger partial charge on any atom is -0.449 e. The summed E-state index contributed by atoms with van der Waals surface area (Å²) in [5, 5.41) is 0. The quantitative estimate of drug-likeness (QED) is 0.815. The first-order valence-electron chi connectivity index (χ1n) is 5.43. The van der Waals surface area contributed by atoms with E-state index in [1.54, 1.807) is 6.26 Å². The fraction of sp³-hybridized carbons (Fsp3) is 0.700. The molecule has 1 atom stereocenters. The summed E-state index contributed by atoms with van der Waals surface area (Å²) < 4.78 is 27.8. The van der Waals surface area contributed by atoms with Crippen LogP contribution >= 0.6 is 0 Å². The maximum absolute atomic E-state index is 11.3. The third-order valence-corrected chi connectivity index (χ3v) is 4.63. The van der Waals surface area contributed by atoms with Gasteiger partial charge < -0.3 is 10.2 Å². The van der Waals surface area contributed by atoms with Gasteiger partial charge in [-0.2, -0.15) is 0 Å². The minimum absolute atomic E-state index is 0.161. The number of aromatic nitrogens is 1. The summed E-state index contributed by atoms with van der Waals surface area (Å²) in [4.78, 5) is 4.27. The zero-order valence-electron chi connectivity index (χ0n) is 9.05. The number of rotatable bonds is 4. The molecule has 1 aromatic rings. The van der Waals surface area contributed by atoms with E-state index in [2.05, 4.69) is 4.98 Å². The van der Waals surface area contributed by atoms with Gasteiger partial charge >= 0.3 is 0 Å². The van der Waals surface area contributed by atoms with Crippen LogP contribution in [0.4, 0.5) is 0 Å². The standard InChI is InChI=1S/C10H16N2O3S/c11-3-1-9-6-15-10(12-9)5-8-2-4-16(13,14)7-8/h6,8H,1-5,7,11H2. The third kappa shape index (κ3) is 2.82. The Morgan fingerprint density at radius 1 is 1.56 bits per heavy atom. The normalized spacial score (nSPS) is 23.7. The number of oxazole rings is 1. The van der Waals surface area contributed by atoms with Crippen LogP contribution in [0.25, 0.3) is 0 Å². The summed E-state index contributed by atoms with van der Waals surface area (Å²) in [6.07, 6.45) is 3.64. The van der Waals surface area contributed by atoms with Gasteiger partial charge in [-0.05, 0) is 18.9 Å². The maximum Gasteiger partial charge on any atom is 0.194 e. The van der Waals surface area contributed by atoms with Gasteiger partial charge in [0.15, 0.2) is 15.7 Å². The number of hydrogen-bond acceptors (Lipinski definition) is 5. The molecule has 2 N–H and O–H groups in total. The monoisotopic (exact) mass is 244 g/mol. The number of nitrogens with two attached hydrogens (primary N) is 1. The van der Waals surface area contributed by atoms with Crippen LogP contribution in [-0.2, 0) is 22.7 Å². The van der Waals surface area contributed by atoms with Gasteiger partial charge in [-0.25, -0.2) is 13.4 Å². The van der Waals surface area contributed by atoms with Gasteiger partial charge in [0.05, 0.1) is 17.2 Å². The van der Waals surface area contributed by atoms with Gasteiger partial charge in [0.1, 0.15) is 6.26 Å². The van der Waals surface area contributed by atoms with E-state index in [0.29, 0.717) is 31.0 Å². The molecule has 1 fully saturated rings. The van der Waals surface area contributed by atoms with Crippen LogP contribution < -0.4 is 5.73 Å². The first-order valence-corrected chi connectivity index (χ1v) is 7.25. The highest BCUT2D eigenvalue weighted by Gasteiger charge is 2.28. The van der Waals surface area contributed by atoms with Gasteiger partial charge in [0.2, 0.25) is 0 Å². The summed E-state index contributed by atoms with van der Waals surface area (Å²) in [5.41, 5.74) is 6.25. The van der Waals surface area contributed by atoms with Crippen molar-refractivity contribution in [1.82, 2.24) is 4.98 Å². The first kappa shape index (κ1) is 11.6. The predicted octanol–water partition coefficient (Wildman–Crippen LogP) is 0.153. The molecule has 0 radical (unpaired) electrons. The van der Waals surface area contributed by atoms with E-state index in [9.17, 15) is 8.42 Å². The molecule has 1 unspecified atom stereocenters. The van der Waals surface area contributed by atoms with Crippen molar-refractivity contribution in [2.75, 3.05) is 18.1 Å². The minimum atomic E-state index is -2.81. The van der Waals surface area contributed by atoms with Crippen molar-refractivity contribution in [3.05, 3.63) is 17.8 Å². The Labute approximate surface area is 95.0 Å². The average Bonchev–Trinajstić information content (AvgIpc) is 2.75. The van der Waals surface area contributed by atoms with Crippen LogP contribution in [0.1, 0.15) is 18.0 Å². The van der Waals surface area contributed by atoms with Crippen LogP contribution in [0.5, 0.6) is 0 Å². The molecule has 0 aliphatic carbocycles. The molecule has 0 amide bonds. The summed E-state index contributed by atoms with van der Waals surface area (Å²) in [6.45, 7) is 0.545. The number of hydrogen-bond donors (Lipinski definition) is 1. The van der Waals surface area contributed by atoms with Crippen molar-refractivity contribution in [1.29, 1.82) is 0 Å². The van der Waals surface area contributed by atoms with Gasteiger partial charge in [0, 0.05) is 12.8 Å². The molecule has 1 aliphatic rings. The topological polar surface area (TPSA) is 86.2 Å². The predicted molar refractivity (Wildman–Crippen MR) is 59.7 cm³/mol. The summed E-state index contributed by atoms with van der Waals surface area (Å²) >= 11 is 0. The number of sulfone groups is 1. The van der Waals surface area contributed by atoms with E-state index in [1.165, 1.54) is 0 Å². The van der Waals surface area contributed by atoms with Crippen LogP contribution in [0.3, 0.4) is 0 Å². The lowest BCUT2D eigenvalue weighted by Gasteiger charge is -2.02. The van der Waals surface area contributed by atoms with Gasteiger partial charge in [-0.15, -0.1) is 0 Å². The van der Waals surface area contributed by atoms with Crippen molar-refractivity contribution in [2.45, 2.75) is 19.3 Å². The van der Waals surface area contributed by atoms with E-state index in [1.807, 2.05) is 0 Å². The Hall–Kier alpha value is -0.880. The molecule has 90 valence electrons. The average molecular weight is 244 g/mol. The van der Waals surface area contributed by atoms with E-state index in [-0.39, 0.29) is 11.7 Å². The van der Waals surface area contributed by atoms with Crippen molar-refractivity contribution < 1.29 is 12.8 Å². The smallest absolute Gasteiger partial charge is 0.194 e.